The van der Waals surface area contributed by atoms with Crippen LogP contribution in [0.2, 0.25) is 0 Å². The zero-order valence-corrected chi connectivity index (χ0v) is 15.4. The first kappa shape index (κ1) is 17.7. The fourth-order valence-electron chi connectivity index (χ4n) is 3.85. The fraction of sp³-hybridized carbons (Fsp3) is 0.632. The second-order valence-corrected chi connectivity index (χ2v) is 6.87. The van der Waals surface area contributed by atoms with Crippen LogP contribution in [-0.4, -0.2) is 31.8 Å². The van der Waals surface area contributed by atoms with Crippen LogP contribution in [0.1, 0.15) is 73.5 Å². The highest BCUT2D eigenvalue weighted by molar-refractivity contribution is 5.92. The Kier molecular flexibility index (Phi) is 5.89. The molecule has 25 heavy (non-hydrogen) atoms. The van der Waals surface area contributed by atoms with Gasteiger partial charge in [-0.15, -0.1) is 0 Å². The van der Waals surface area contributed by atoms with Crippen molar-refractivity contribution < 1.29 is 4.79 Å². The van der Waals surface area contributed by atoms with E-state index in [1.165, 1.54) is 44.2 Å². The Bertz CT molecular complexity index is 694. The van der Waals surface area contributed by atoms with Crippen molar-refractivity contribution >= 4 is 5.91 Å². The van der Waals surface area contributed by atoms with Crippen molar-refractivity contribution in [3.63, 3.8) is 0 Å². The lowest BCUT2D eigenvalue weighted by Crippen LogP contribution is -2.29. The Labute approximate surface area is 149 Å². The molecule has 1 aliphatic carbocycles. The summed E-state index contributed by atoms with van der Waals surface area (Å²) in [5.74, 6) is 1.03. The molecule has 0 aromatic carbocycles. The van der Waals surface area contributed by atoms with Crippen LogP contribution in [0.25, 0.3) is 0 Å². The Balaban J connectivity index is 1.61. The van der Waals surface area contributed by atoms with Crippen LogP contribution in [0.3, 0.4) is 0 Å². The molecule has 6 heteroatoms. The maximum Gasteiger partial charge on any atom is 0.269 e. The lowest BCUT2D eigenvalue weighted by molar-refractivity contribution is 0.0943. The second kappa shape index (κ2) is 8.32. The predicted molar refractivity (Wildman–Crippen MR) is 97.6 cm³/mol. The predicted octanol–water partition coefficient (Wildman–Crippen LogP) is 3.28. The Morgan fingerprint density at radius 3 is 2.76 bits per heavy atom. The molecule has 1 saturated carbocycles. The van der Waals surface area contributed by atoms with Crippen molar-refractivity contribution in [3.05, 3.63) is 35.7 Å². The average Bonchev–Trinajstić information content (AvgIpc) is 3.14. The minimum atomic E-state index is -0.0661. The summed E-state index contributed by atoms with van der Waals surface area (Å²) in [6.45, 7) is 5.41. The van der Waals surface area contributed by atoms with Crippen LogP contribution in [0.5, 0.6) is 0 Å². The molecule has 2 heterocycles. The first-order chi connectivity index (χ1) is 12.2. The van der Waals surface area contributed by atoms with Crippen molar-refractivity contribution in [2.75, 3.05) is 6.54 Å². The van der Waals surface area contributed by atoms with E-state index in [1.807, 2.05) is 13.1 Å². The largest absolute Gasteiger partial charge is 0.350 e. The summed E-state index contributed by atoms with van der Waals surface area (Å²) in [7, 11) is 0. The van der Waals surface area contributed by atoms with Gasteiger partial charge >= 0.3 is 0 Å². The third-order valence-electron chi connectivity index (χ3n) is 5.13. The minimum absolute atomic E-state index is 0.0661. The molecule has 3 rings (SSSR count). The van der Waals surface area contributed by atoms with E-state index in [0.29, 0.717) is 24.8 Å². The van der Waals surface area contributed by atoms with E-state index in [9.17, 15) is 4.79 Å². The molecule has 0 atom stereocenters. The van der Waals surface area contributed by atoms with E-state index in [1.54, 1.807) is 16.9 Å². The number of aryl methyl sites for hydroxylation is 2. The molecular weight excluding hydrogens is 314 g/mol. The molecular formula is C19H29N5O. The maximum atomic E-state index is 12.3. The van der Waals surface area contributed by atoms with Crippen molar-refractivity contribution in [2.24, 2.45) is 0 Å². The Hall–Kier alpha value is -2.11. The summed E-state index contributed by atoms with van der Waals surface area (Å²) in [5, 5.41) is 7.16. The van der Waals surface area contributed by atoms with Crippen molar-refractivity contribution in [2.45, 2.75) is 71.4 Å². The van der Waals surface area contributed by atoms with Gasteiger partial charge in [0.1, 0.15) is 11.5 Å². The summed E-state index contributed by atoms with van der Waals surface area (Å²) < 4.78 is 4.12. The van der Waals surface area contributed by atoms with Crippen LogP contribution >= 0.6 is 0 Å². The van der Waals surface area contributed by atoms with Crippen LogP contribution in [0.15, 0.2) is 18.5 Å². The topological polar surface area (TPSA) is 64.7 Å². The SMILES string of the molecule is CCn1nccc1C(=O)NCCc1ncc(C)n1C1CCCCCC1. The highest BCUT2D eigenvalue weighted by Crippen LogP contribution is 2.29. The van der Waals surface area contributed by atoms with Gasteiger partial charge in [0.25, 0.3) is 5.91 Å². The van der Waals surface area contributed by atoms with Gasteiger partial charge in [0, 0.05) is 43.6 Å². The summed E-state index contributed by atoms with van der Waals surface area (Å²) in [5.41, 5.74) is 1.85. The van der Waals surface area contributed by atoms with Crippen molar-refractivity contribution in [1.82, 2.24) is 24.6 Å². The molecule has 6 nitrogen and oxygen atoms in total. The van der Waals surface area contributed by atoms with E-state index < -0.39 is 0 Å². The molecule has 0 aliphatic heterocycles. The molecule has 0 unspecified atom stereocenters. The second-order valence-electron chi connectivity index (χ2n) is 6.87. The van der Waals surface area contributed by atoms with E-state index >= 15 is 0 Å². The number of imidazole rings is 1. The average molecular weight is 343 g/mol. The molecule has 0 bridgehead atoms. The van der Waals surface area contributed by atoms with E-state index in [0.717, 1.165) is 12.2 Å². The van der Waals surface area contributed by atoms with Crippen molar-refractivity contribution in [3.8, 4) is 0 Å². The molecule has 0 spiro atoms. The Morgan fingerprint density at radius 1 is 1.28 bits per heavy atom. The third kappa shape index (κ3) is 4.11. The van der Waals surface area contributed by atoms with Gasteiger partial charge in [-0.3, -0.25) is 9.48 Å². The molecule has 136 valence electrons. The fourth-order valence-corrected chi connectivity index (χ4v) is 3.85. The number of nitrogens with one attached hydrogen (secondary N) is 1. The molecule has 1 aliphatic rings. The number of hydrogen-bond acceptors (Lipinski definition) is 3. The molecule has 0 radical (unpaired) electrons. The standard InChI is InChI=1S/C19H29N5O/c1-3-23-17(10-13-22-23)19(25)20-12-11-18-21-14-15(2)24(18)16-8-6-4-5-7-9-16/h10,13-14,16H,3-9,11-12H2,1-2H3,(H,20,25). The third-order valence-corrected chi connectivity index (χ3v) is 5.13. The van der Waals surface area contributed by atoms with Crippen molar-refractivity contribution in [1.29, 1.82) is 0 Å². The number of aromatic nitrogens is 4. The van der Waals surface area contributed by atoms with E-state index in [2.05, 4.69) is 26.9 Å². The number of hydrogen-bond donors (Lipinski definition) is 1. The van der Waals surface area contributed by atoms with Gasteiger partial charge in [-0.25, -0.2) is 4.98 Å². The first-order valence-electron chi connectivity index (χ1n) is 9.53. The molecule has 1 N–H and O–H groups in total. The molecule has 1 fully saturated rings. The normalized spacial score (nSPS) is 15.9. The van der Waals surface area contributed by atoms with Gasteiger partial charge in [-0.2, -0.15) is 5.10 Å². The molecule has 2 aromatic heterocycles. The molecule has 2 aromatic rings. The number of carbonyl (C=O) groups excluding carboxylic acids is 1. The Morgan fingerprint density at radius 2 is 2.04 bits per heavy atom. The van der Waals surface area contributed by atoms with Gasteiger partial charge in [0.2, 0.25) is 0 Å². The lowest BCUT2D eigenvalue weighted by Gasteiger charge is -2.21. The summed E-state index contributed by atoms with van der Waals surface area (Å²) in [6, 6.07) is 2.33. The molecule has 1 amide bonds. The minimum Gasteiger partial charge on any atom is -0.350 e. The van der Waals surface area contributed by atoms with Gasteiger partial charge < -0.3 is 9.88 Å². The summed E-state index contributed by atoms with van der Waals surface area (Å²) in [6.07, 6.45) is 12.2. The monoisotopic (exact) mass is 343 g/mol. The zero-order valence-electron chi connectivity index (χ0n) is 15.4. The smallest absolute Gasteiger partial charge is 0.269 e. The zero-order chi connectivity index (χ0) is 17.6. The van der Waals surface area contributed by atoms with Gasteiger partial charge in [0.15, 0.2) is 0 Å². The summed E-state index contributed by atoms with van der Waals surface area (Å²) in [4.78, 5) is 16.9. The molecule has 0 saturated heterocycles. The van der Waals surface area contributed by atoms with Gasteiger partial charge in [0.05, 0.1) is 0 Å². The highest BCUT2D eigenvalue weighted by Gasteiger charge is 2.19. The van der Waals surface area contributed by atoms with Crippen LogP contribution in [0, 0.1) is 6.92 Å². The number of carbonyl (C=O) groups is 1. The number of nitrogens with zero attached hydrogens (tertiary/aromatic N) is 4. The number of amides is 1. The highest BCUT2D eigenvalue weighted by atomic mass is 16.2. The van der Waals surface area contributed by atoms with Crippen LogP contribution in [0.4, 0.5) is 0 Å². The first-order valence-corrected chi connectivity index (χ1v) is 9.53. The number of rotatable bonds is 6. The lowest BCUT2D eigenvalue weighted by atomic mass is 10.1. The van der Waals surface area contributed by atoms with E-state index in [-0.39, 0.29) is 5.91 Å². The van der Waals surface area contributed by atoms with E-state index in [4.69, 9.17) is 0 Å². The summed E-state index contributed by atoms with van der Waals surface area (Å²) >= 11 is 0. The van der Waals surface area contributed by atoms with Gasteiger partial charge in [-0.1, -0.05) is 25.7 Å². The van der Waals surface area contributed by atoms with Gasteiger partial charge in [-0.05, 0) is 32.8 Å². The quantitative estimate of drug-likeness (QED) is 0.819. The van der Waals surface area contributed by atoms with Crippen LogP contribution in [-0.2, 0) is 13.0 Å². The van der Waals surface area contributed by atoms with Crippen LogP contribution < -0.4 is 5.32 Å². The maximum absolute atomic E-state index is 12.3.